The van der Waals surface area contributed by atoms with Crippen LogP contribution >= 0.6 is 11.6 Å². The van der Waals surface area contributed by atoms with Crippen molar-refractivity contribution < 1.29 is 9.90 Å². The second-order valence-corrected chi connectivity index (χ2v) is 6.01. The van der Waals surface area contributed by atoms with Crippen LogP contribution in [0.5, 0.6) is 5.75 Å². The molecule has 0 unspecified atom stereocenters. The standard InChI is InChI=1S/C19H17ClN2O3.Na/c1-3-22(12-8-5-4-6-9-12)19(25)16-17(23)15-13(20)10-7-11-14(15)21(2)18(16)24;/h4-11,23H,3H2,1-2H3;. The van der Waals surface area contributed by atoms with Crippen LogP contribution in [0.3, 0.4) is 0 Å². The number of nitrogens with zero attached hydrogens (tertiary/aromatic N) is 2. The van der Waals surface area contributed by atoms with Gasteiger partial charge in [0.05, 0.1) is 15.9 Å². The Morgan fingerprint density at radius 2 is 1.81 bits per heavy atom. The van der Waals surface area contributed by atoms with Gasteiger partial charge in [-0.05, 0) is 31.2 Å². The topological polar surface area (TPSA) is 62.5 Å². The summed E-state index contributed by atoms with van der Waals surface area (Å²) in [4.78, 5) is 27.2. The number of para-hydroxylation sites is 1. The van der Waals surface area contributed by atoms with Gasteiger partial charge in [0.15, 0.2) is 0 Å². The van der Waals surface area contributed by atoms with E-state index in [4.69, 9.17) is 11.6 Å². The number of aryl methyl sites for hydroxylation is 1. The maximum absolute atomic E-state index is 13.0. The van der Waals surface area contributed by atoms with Crippen LogP contribution in [-0.2, 0) is 7.05 Å². The molecule has 0 aliphatic heterocycles. The SMILES string of the molecule is CCN(C(=O)c1c(O)c2c(Cl)cccc2n(C)c1=O)c1ccccc1.[Na]. The number of amides is 1. The zero-order chi connectivity index (χ0) is 18.1. The third-order valence-electron chi connectivity index (χ3n) is 4.19. The maximum Gasteiger partial charge on any atom is 0.267 e. The third kappa shape index (κ3) is 3.40. The van der Waals surface area contributed by atoms with Crippen molar-refractivity contribution in [2.24, 2.45) is 7.05 Å². The minimum absolute atomic E-state index is 0. The number of hydrogen-bond donors (Lipinski definition) is 1. The van der Waals surface area contributed by atoms with Crippen molar-refractivity contribution in [3.63, 3.8) is 0 Å². The van der Waals surface area contributed by atoms with E-state index in [2.05, 4.69) is 0 Å². The molecule has 1 amide bonds. The summed E-state index contributed by atoms with van der Waals surface area (Å²) in [5, 5.41) is 11.2. The maximum atomic E-state index is 13.0. The zero-order valence-corrected chi connectivity index (χ0v) is 17.6. The minimum Gasteiger partial charge on any atom is -0.506 e. The molecule has 7 heteroatoms. The number of benzene rings is 2. The molecule has 0 fully saturated rings. The van der Waals surface area contributed by atoms with Gasteiger partial charge in [-0.2, -0.15) is 0 Å². The minimum atomic E-state index is -0.563. The van der Waals surface area contributed by atoms with Gasteiger partial charge in [-0.15, -0.1) is 0 Å². The van der Waals surface area contributed by atoms with Gasteiger partial charge in [-0.3, -0.25) is 9.59 Å². The average Bonchev–Trinajstić information content (AvgIpc) is 2.61. The quantitative estimate of drug-likeness (QED) is 0.711. The molecule has 26 heavy (non-hydrogen) atoms. The molecule has 1 aromatic heterocycles. The van der Waals surface area contributed by atoms with E-state index in [-0.39, 0.29) is 45.9 Å². The number of aromatic nitrogens is 1. The van der Waals surface area contributed by atoms with Gasteiger partial charge in [-0.1, -0.05) is 35.9 Å². The Bertz CT molecular complexity index is 1020. The first kappa shape index (κ1) is 20.5. The molecule has 1 radical (unpaired) electrons. The number of rotatable bonds is 3. The van der Waals surface area contributed by atoms with E-state index < -0.39 is 11.5 Å². The Kier molecular flexibility index (Phi) is 6.53. The summed E-state index contributed by atoms with van der Waals surface area (Å²) in [7, 11) is 1.55. The predicted octanol–water partition coefficient (Wildman–Crippen LogP) is 3.18. The van der Waals surface area contributed by atoms with Crippen LogP contribution in [0.4, 0.5) is 5.69 Å². The molecular formula is C19H17ClN2NaO3. The van der Waals surface area contributed by atoms with Gasteiger partial charge in [0.2, 0.25) is 0 Å². The van der Waals surface area contributed by atoms with Crippen molar-refractivity contribution in [1.82, 2.24) is 4.57 Å². The van der Waals surface area contributed by atoms with Crippen LogP contribution in [0.15, 0.2) is 53.3 Å². The monoisotopic (exact) mass is 379 g/mol. The molecule has 3 rings (SSSR count). The molecule has 0 spiro atoms. The first-order chi connectivity index (χ1) is 12.0. The summed E-state index contributed by atoms with van der Waals surface area (Å²) in [6, 6.07) is 14.0. The summed E-state index contributed by atoms with van der Waals surface area (Å²) < 4.78 is 1.33. The number of anilines is 1. The van der Waals surface area contributed by atoms with Crippen LogP contribution in [0.2, 0.25) is 5.02 Å². The van der Waals surface area contributed by atoms with Crippen molar-refractivity contribution in [3.8, 4) is 5.75 Å². The normalized spacial score (nSPS) is 10.4. The smallest absolute Gasteiger partial charge is 0.267 e. The van der Waals surface area contributed by atoms with E-state index in [1.54, 1.807) is 56.4 Å². The number of hydrogen-bond acceptors (Lipinski definition) is 3. The average molecular weight is 380 g/mol. The molecule has 0 saturated carbocycles. The molecule has 0 aliphatic carbocycles. The Morgan fingerprint density at radius 1 is 1.15 bits per heavy atom. The molecule has 0 atom stereocenters. The third-order valence-corrected chi connectivity index (χ3v) is 4.50. The second-order valence-electron chi connectivity index (χ2n) is 5.61. The molecule has 2 aromatic carbocycles. The second kappa shape index (κ2) is 8.27. The number of aromatic hydroxyl groups is 1. The summed E-state index contributed by atoms with van der Waals surface area (Å²) >= 11 is 6.19. The van der Waals surface area contributed by atoms with Crippen molar-refractivity contribution in [3.05, 3.63) is 69.5 Å². The van der Waals surface area contributed by atoms with Gasteiger partial charge in [0.25, 0.3) is 11.5 Å². The Morgan fingerprint density at radius 3 is 2.42 bits per heavy atom. The fraction of sp³-hybridized carbons (Fsp3) is 0.158. The molecule has 1 N–H and O–H groups in total. The fourth-order valence-electron chi connectivity index (χ4n) is 2.91. The number of carbonyl (C=O) groups excluding carboxylic acids is 1. The van der Waals surface area contributed by atoms with Gasteiger partial charge in [0.1, 0.15) is 11.3 Å². The number of fused-ring (bicyclic) bond motifs is 1. The van der Waals surface area contributed by atoms with Crippen LogP contribution in [-0.4, -0.2) is 51.7 Å². The predicted molar refractivity (Wildman–Crippen MR) is 105 cm³/mol. The summed E-state index contributed by atoms with van der Waals surface area (Å²) in [6.07, 6.45) is 0. The van der Waals surface area contributed by atoms with Gasteiger partial charge < -0.3 is 14.6 Å². The molecule has 0 saturated heterocycles. The summed E-state index contributed by atoms with van der Waals surface area (Å²) in [5.74, 6) is -0.947. The van der Waals surface area contributed by atoms with Crippen molar-refractivity contribution in [1.29, 1.82) is 0 Å². The van der Waals surface area contributed by atoms with Crippen molar-refractivity contribution in [2.45, 2.75) is 6.92 Å². The number of pyridine rings is 1. The van der Waals surface area contributed by atoms with E-state index >= 15 is 0 Å². The molecule has 5 nitrogen and oxygen atoms in total. The molecular weight excluding hydrogens is 363 g/mol. The molecule has 0 bridgehead atoms. The van der Waals surface area contributed by atoms with Crippen LogP contribution < -0.4 is 10.5 Å². The molecule has 1 heterocycles. The van der Waals surface area contributed by atoms with Crippen LogP contribution in [0, 0.1) is 0 Å². The molecule has 3 aromatic rings. The largest absolute Gasteiger partial charge is 0.506 e. The Hall–Kier alpha value is -1.79. The fourth-order valence-corrected chi connectivity index (χ4v) is 3.17. The van der Waals surface area contributed by atoms with Crippen molar-refractivity contribution in [2.75, 3.05) is 11.4 Å². The van der Waals surface area contributed by atoms with Gasteiger partial charge >= 0.3 is 0 Å². The van der Waals surface area contributed by atoms with E-state index in [1.165, 1.54) is 9.47 Å². The summed E-state index contributed by atoms with van der Waals surface area (Å²) in [6.45, 7) is 2.16. The van der Waals surface area contributed by atoms with Crippen LogP contribution in [0.25, 0.3) is 10.9 Å². The number of carbonyl (C=O) groups is 1. The van der Waals surface area contributed by atoms with Gasteiger partial charge in [0, 0.05) is 48.8 Å². The van der Waals surface area contributed by atoms with Gasteiger partial charge in [-0.25, -0.2) is 0 Å². The van der Waals surface area contributed by atoms with E-state index in [9.17, 15) is 14.7 Å². The first-order valence-corrected chi connectivity index (χ1v) is 8.22. The first-order valence-electron chi connectivity index (χ1n) is 7.84. The Labute approximate surface area is 178 Å². The molecule has 0 aliphatic rings. The van der Waals surface area contributed by atoms with Crippen LogP contribution in [0.1, 0.15) is 17.3 Å². The molecule has 129 valence electrons. The van der Waals surface area contributed by atoms with Crippen molar-refractivity contribution >= 4 is 63.7 Å². The summed E-state index contributed by atoms with van der Waals surface area (Å²) in [5.41, 5.74) is 0.269. The Balaban J connectivity index is 0.00000243. The van der Waals surface area contributed by atoms with E-state index in [1.807, 2.05) is 6.07 Å². The number of halogens is 1. The van der Waals surface area contributed by atoms with E-state index in [0.717, 1.165) is 0 Å². The zero-order valence-electron chi connectivity index (χ0n) is 14.9. The van der Waals surface area contributed by atoms with E-state index in [0.29, 0.717) is 23.1 Å².